The van der Waals surface area contributed by atoms with E-state index in [0.717, 1.165) is 19.7 Å². The number of hydrogen-bond acceptors (Lipinski definition) is 4. The van der Waals surface area contributed by atoms with Crippen LogP contribution in [0, 0.1) is 23.2 Å². The van der Waals surface area contributed by atoms with E-state index in [9.17, 15) is 4.79 Å². The summed E-state index contributed by atoms with van der Waals surface area (Å²) in [4.78, 5) is 17.2. The van der Waals surface area contributed by atoms with Crippen molar-refractivity contribution in [3.8, 4) is 6.07 Å². The van der Waals surface area contributed by atoms with Crippen LogP contribution in [0.5, 0.6) is 0 Å². The van der Waals surface area contributed by atoms with Gasteiger partial charge in [0.2, 0.25) is 0 Å². The van der Waals surface area contributed by atoms with E-state index in [4.69, 9.17) is 10.00 Å². The fourth-order valence-electron chi connectivity index (χ4n) is 4.35. The van der Waals surface area contributed by atoms with Gasteiger partial charge < -0.3 is 14.5 Å². The lowest BCUT2D eigenvalue weighted by atomic mass is 9.93. The summed E-state index contributed by atoms with van der Waals surface area (Å²) in [6, 6.07) is 9.07. The Morgan fingerprint density at radius 1 is 1.29 bits per heavy atom. The average Bonchev–Trinajstić information content (AvgIpc) is 3.33. The Balaban J connectivity index is 1.42. The van der Waals surface area contributed by atoms with Gasteiger partial charge in [-0.25, -0.2) is 0 Å². The number of rotatable bonds is 3. The van der Waals surface area contributed by atoms with E-state index in [0.29, 0.717) is 29.5 Å². The van der Waals surface area contributed by atoms with E-state index in [-0.39, 0.29) is 12.0 Å². The maximum absolute atomic E-state index is 12.7. The highest BCUT2D eigenvalue weighted by Crippen LogP contribution is 2.35. The lowest BCUT2D eigenvalue weighted by Gasteiger charge is -2.24. The number of nitrogens with zero attached hydrogens (tertiary/aromatic N) is 3. The van der Waals surface area contributed by atoms with Crippen LogP contribution in [-0.2, 0) is 4.74 Å². The first-order valence-corrected chi connectivity index (χ1v) is 8.88. The Morgan fingerprint density at radius 2 is 2.12 bits per heavy atom. The first-order chi connectivity index (χ1) is 11.7. The number of hydrogen-bond donors (Lipinski definition) is 0. The molecule has 3 fully saturated rings. The zero-order chi connectivity index (χ0) is 16.5. The number of likely N-dealkylation sites (tertiary alicyclic amines) is 2. The lowest BCUT2D eigenvalue weighted by Crippen LogP contribution is -2.34. The van der Waals surface area contributed by atoms with E-state index in [1.165, 1.54) is 25.9 Å². The van der Waals surface area contributed by atoms with Gasteiger partial charge >= 0.3 is 0 Å². The molecule has 0 unspecified atom stereocenters. The molecule has 126 valence electrons. The largest absolute Gasteiger partial charge is 0.376 e. The Kier molecular flexibility index (Phi) is 4.26. The Labute approximate surface area is 142 Å². The quantitative estimate of drug-likeness (QED) is 0.849. The maximum Gasteiger partial charge on any atom is 0.253 e. The van der Waals surface area contributed by atoms with Gasteiger partial charge in [-0.1, -0.05) is 6.07 Å². The highest BCUT2D eigenvalue weighted by atomic mass is 16.5. The summed E-state index contributed by atoms with van der Waals surface area (Å²) >= 11 is 0. The Bertz CT molecular complexity index is 663. The van der Waals surface area contributed by atoms with Gasteiger partial charge in [-0.2, -0.15) is 5.26 Å². The predicted octanol–water partition coefficient (Wildman–Crippen LogP) is 1.74. The molecule has 0 aliphatic carbocycles. The summed E-state index contributed by atoms with van der Waals surface area (Å²) in [5.74, 6) is 1.01. The number of ether oxygens (including phenoxy) is 1. The summed E-state index contributed by atoms with van der Waals surface area (Å²) in [5.41, 5.74) is 1.13. The van der Waals surface area contributed by atoms with Crippen LogP contribution in [0.3, 0.4) is 0 Å². The Morgan fingerprint density at radius 3 is 2.92 bits per heavy atom. The molecule has 0 saturated carbocycles. The third-order valence-electron chi connectivity index (χ3n) is 5.66. The second-order valence-corrected chi connectivity index (χ2v) is 7.21. The summed E-state index contributed by atoms with van der Waals surface area (Å²) in [6.07, 6.45) is 2.80. The molecule has 24 heavy (non-hydrogen) atoms. The van der Waals surface area contributed by atoms with Gasteiger partial charge in [0, 0.05) is 37.0 Å². The topological polar surface area (TPSA) is 56.6 Å². The van der Waals surface area contributed by atoms with Crippen LogP contribution < -0.4 is 0 Å². The molecule has 0 N–H and O–H groups in total. The van der Waals surface area contributed by atoms with Gasteiger partial charge in [-0.3, -0.25) is 4.79 Å². The van der Waals surface area contributed by atoms with Crippen LogP contribution >= 0.6 is 0 Å². The molecular formula is C19H23N3O2. The summed E-state index contributed by atoms with van der Waals surface area (Å²) in [5, 5.41) is 9.01. The molecule has 0 aromatic heterocycles. The van der Waals surface area contributed by atoms with E-state index >= 15 is 0 Å². The molecule has 0 bridgehead atoms. The first kappa shape index (κ1) is 15.6. The van der Waals surface area contributed by atoms with Crippen molar-refractivity contribution >= 4 is 5.91 Å². The number of carbonyl (C=O) groups is 1. The molecule has 1 aromatic carbocycles. The predicted molar refractivity (Wildman–Crippen MR) is 89.5 cm³/mol. The lowest BCUT2D eigenvalue weighted by molar-refractivity contribution is 0.0668. The molecule has 3 heterocycles. The van der Waals surface area contributed by atoms with Crippen molar-refractivity contribution in [2.24, 2.45) is 11.8 Å². The van der Waals surface area contributed by atoms with Crippen LogP contribution in [0.25, 0.3) is 0 Å². The van der Waals surface area contributed by atoms with Crippen molar-refractivity contribution < 1.29 is 9.53 Å². The van der Waals surface area contributed by atoms with Gasteiger partial charge in [0.15, 0.2) is 0 Å². The molecular weight excluding hydrogens is 302 g/mol. The second kappa shape index (κ2) is 6.54. The third kappa shape index (κ3) is 2.92. The molecule has 1 amide bonds. The van der Waals surface area contributed by atoms with Crippen molar-refractivity contribution in [1.29, 1.82) is 5.26 Å². The standard InChI is InChI=1S/C19H23N3O2/c20-9-14-4-3-5-15(8-14)19(23)22-11-17-16(13-24-18(17)12-22)10-21-6-1-2-7-21/h3-5,8,16-18H,1-2,6-7,10-13H2/t16-,17+,18+/m0/s1. The molecule has 5 nitrogen and oxygen atoms in total. The molecule has 3 aliphatic rings. The van der Waals surface area contributed by atoms with Crippen molar-refractivity contribution in [2.45, 2.75) is 18.9 Å². The van der Waals surface area contributed by atoms with Crippen LogP contribution in [0.2, 0.25) is 0 Å². The Hall–Kier alpha value is -1.90. The summed E-state index contributed by atoms with van der Waals surface area (Å²) < 4.78 is 5.99. The smallest absolute Gasteiger partial charge is 0.253 e. The number of nitriles is 1. The van der Waals surface area contributed by atoms with Crippen molar-refractivity contribution in [2.75, 3.05) is 39.3 Å². The number of carbonyl (C=O) groups excluding carboxylic acids is 1. The van der Waals surface area contributed by atoms with Gasteiger partial charge in [0.25, 0.3) is 5.91 Å². The highest BCUT2D eigenvalue weighted by molar-refractivity contribution is 5.94. The molecule has 3 atom stereocenters. The van der Waals surface area contributed by atoms with Crippen molar-refractivity contribution in [3.63, 3.8) is 0 Å². The molecule has 5 heteroatoms. The average molecular weight is 325 g/mol. The van der Waals surface area contributed by atoms with Crippen LogP contribution in [0.15, 0.2) is 24.3 Å². The first-order valence-electron chi connectivity index (χ1n) is 8.88. The normalized spacial score (nSPS) is 29.6. The van der Waals surface area contributed by atoms with E-state index in [1.54, 1.807) is 24.3 Å². The second-order valence-electron chi connectivity index (χ2n) is 7.21. The van der Waals surface area contributed by atoms with Crippen molar-refractivity contribution in [1.82, 2.24) is 9.80 Å². The van der Waals surface area contributed by atoms with Crippen LogP contribution in [0.1, 0.15) is 28.8 Å². The minimum Gasteiger partial charge on any atom is -0.376 e. The van der Waals surface area contributed by atoms with Gasteiger partial charge in [-0.15, -0.1) is 0 Å². The maximum atomic E-state index is 12.7. The van der Waals surface area contributed by atoms with E-state index < -0.39 is 0 Å². The fraction of sp³-hybridized carbons (Fsp3) is 0.579. The zero-order valence-corrected chi connectivity index (χ0v) is 13.9. The number of fused-ring (bicyclic) bond motifs is 1. The fourth-order valence-corrected chi connectivity index (χ4v) is 4.35. The number of amides is 1. The minimum atomic E-state index is 0.0185. The van der Waals surface area contributed by atoms with Crippen molar-refractivity contribution in [3.05, 3.63) is 35.4 Å². The highest BCUT2D eigenvalue weighted by Gasteiger charge is 2.45. The molecule has 3 saturated heterocycles. The van der Waals surface area contributed by atoms with Gasteiger partial charge in [0.05, 0.1) is 24.3 Å². The monoisotopic (exact) mass is 325 g/mol. The minimum absolute atomic E-state index is 0.0185. The SMILES string of the molecule is N#Cc1cccc(C(=O)N2C[C@@H]3[C@@H](CN4CCCC4)CO[C@@H]3C2)c1. The summed E-state index contributed by atoms with van der Waals surface area (Å²) in [6.45, 7) is 5.80. The molecule has 1 aromatic rings. The number of benzene rings is 1. The molecule has 3 aliphatic heterocycles. The summed E-state index contributed by atoms with van der Waals surface area (Å²) in [7, 11) is 0. The molecule has 0 spiro atoms. The van der Waals surface area contributed by atoms with Gasteiger partial charge in [0.1, 0.15) is 0 Å². The van der Waals surface area contributed by atoms with E-state index in [1.807, 2.05) is 4.90 Å². The third-order valence-corrected chi connectivity index (χ3v) is 5.66. The molecule has 4 rings (SSSR count). The van der Waals surface area contributed by atoms with Gasteiger partial charge in [-0.05, 0) is 44.1 Å². The van der Waals surface area contributed by atoms with E-state index in [2.05, 4.69) is 11.0 Å². The zero-order valence-electron chi connectivity index (χ0n) is 13.9. The molecule has 0 radical (unpaired) electrons. The van der Waals surface area contributed by atoms with Crippen LogP contribution in [-0.4, -0.2) is 61.1 Å². The van der Waals surface area contributed by atoms with Crippen LogP contribution in [0.4, 0.5) is 0 Å².